The monoisotopic (exact) mass is 194 g/mol. The van der Waals surface area contributed by atoms with Gasteiger partial charge in [0, 0.05) is 0 Å². The minimum Gasteiger partial charge on any atom is -0.211 e. The van der Waals surface area contributed by atoms with Crippen LogP contribution < -0.4 is 0 Å². The highest BCUT2D eigenvalue weighted by atomic mass is 19.2. The van der Waals surface area contributed by atoms with Gasteiger partial charge in [-0.2, -0.15) is 10.3 Å². The van der Waals surface area contributed by atoms with Crippen LogP contribution in [0.3, 0.4) is 0 Å². The maximum atomic E-state index is 12.7. The minimum atomic E-state index is -1.14. The van der Waals surface area contributed by atoms with Crippen LogP contribution in [0.25, 0.3) is 0 Å². The van der Waals surface area contributed by atoms with Crippen LogP contribution in [0.15, 0.2) is 23.2 Å². The Kier molecular flexibility index (Phi) is 3.05. The molecule has 14 heavy (non-hydrogen) atoms. The molecule has 0 amide bonds. The van der Waals surface area contributed by atoms with E-state index in [9.17, 15) is 13.6 Å². The van der Waals surface area contributed by atoms with E-state index in [2.05, 4.69) is 4.99 Å². The molecule has 70 valence electrons. The Bertz CT molecular complexity index is 433. The van der Waals surface area contributed by atoms with Crippen molar-refractivity contribution in [3.8, 4) is 6.07 Å². The molecule has 1 unspecified atom stereocenters. The number of hydrogen-bond acceptors (Lipinski definition) is 3. The van der Waals surface area contributed by atoms with Gasteiger partial charge in [0.15, 0.2) is 17.7 Å². The molecule has 0 radical (unpaired) electrons. The van der Waals surface area contributed by atoms with Gasteiger partial charge in [-0.15, -0.1) is 0 Å². The lowest BCUT2D eigenvalue weighted by Gasteiger charge is -2.01. The Balaban J connectivity index is 3.13. The summed E-state index contributed by atoms with van der Waals surface area (Å²) >= 11 is 0. The van der Waals surface area contributed by atoms with E-state index >= 15 is 0 Å². The first kappa shape index (κ1) is 10.0. The second-order valence-electron chi connectivity index (χ2n) is 2.43. The largest absolute Gasteiger partial charge is 0.236 e. The van der Waals surface area contributed by atoms with Crippen molar-refractivity contribution < 1.29 is 13.6 Å². The highest BCUT2D eigenvalue weighted by molar-refractivity contribution is 5.37. The van der Waals surface area contributed by atoms with Crippen molar-refractivity contribution in [2.45, 2.75) is 6.04 Å². The van der Waals surface area contributed by atoms with Gasteiger partial charge in [-0.1, -0.05) is 6.07 Å². The number of aliphatic imine (C=N–C) groups is 1. The summed E-state index contributed by atoms with van der Waals surface area (Å²) < 4.78 is 25.2. The fraction of sp³-hybridized carbons (Fsp3) is 0.111. The van der Waals surface area contributed by atoms with Crippen molar-refractivity contribution in [3.63, 3.8) is 0 Å². The van der Waals surface area contributed by atoms with Gasteiger partial charge in [0.1, 0.15) is 0 Å². The average Bonchev–Trinajstić information content (AvgIpc) is 2.19. The number of halogens is 2. The van der Waals surface area contributed by atoms with Crippen molar-refractivity contribution >= 4 is 6.08 Å². The molecule has 0 aromatic heterocycles. The summed E-state index contributed by atoms with van der Waals surface area (Å²) in [6.07, 6.45) is 1.19. The highest BCUT2D eigenvalue weighted by Crippen LogP contribution is 2.18. The zero-order chi connectivity index (χ0) is 10.6. The molecule has 0 saturated heterocycles. The summed E-state index contributed by atoms with van der Waals surface area (Å²) in [4.78, 5) is 13.0. The molecule has 0 N–H and O–H groups in total. The van der Waals surface area contributed by atoms with Gasteiger partial charge in [0.2, 0.25) is 6.08 Å². The summed E-state index contributed by atoms with van der Waals surface area (Å²) in [7, 11) is 0. The Morgan fingerprint density at radius 1 is 1.36 bits per heavy atom. The van der Waals surface area contributed by atoms with Crippen LogP contribution in [0.4, 0.5) is 8.78 Å². The first-order valence-corrected chi connectivity index (χ1v) is 3.60. The van der Waals surface area contributed by atoms with Crippen molar-refractivity contribution in [1.82, 2.24) is 0 Å². The molecular formula is C9H4F2N2O. The van der Waals surface area contributed by atoms with Crippen LogP contribution in [0.1, 0.15) is 11.6 Å². The Hall–Kier alpha value is -2.05. The molecule has 0 spiro atoms. The highest BCUT2D eigenvalue weighted by Gasteiger charge is 2.11. The molecule has 1 rings (SSSR count). The summed E-state index contributed by atoms with van der Waals surface area (Å²) in [5, 5.41) is 8.53. The second-order valence-corrected chi connectivity index (χ2v) is 2.43. The van der Waals surface area contributed by atoms with Crippen LogP contribution in [0.2, 0.25) is 0 Å². The lowest BCUT2D eigenvalue weighted by molar-refractivity contribution is 0.506. The van der Waals surface area contributed by atoms with Crippen LogP contribution in [0.5, 0.6) is 0 Å². The topological polar surface area (TPSA) is 53.2 Å². The van der Waals surface area contributed by atoms with Crippen molar-refractivity contribution in [3.05, 3.63) is 35.4 Å². The van der Waals surface area contributed by atoms with Gasteiger partial charge in [-0.25, -0.2) is 13.6 Å². The van der Waals surface area contributed by atoms with Crippen LogP contribution in [-0.4, -0.2) is 6.08 Å². The van der Waals surface area contributed by atoms with E-state index in [1.165, 1.54) is 12.1 Å². The standard InChI is InChI=1S/C9H4F2N2O/c10-7-2-1-6(3-8(7)11)9(4-12)13-5-14/h1-3,9H. The van der Waals surface area contributed by atoms with Crippen molar-refractivity contribution in [2.24, 2.45) is 4.99 Å². The van der Waals surface area contributed by atoms with E-state index in [1.807, 2.05) is 0 Å². The SMILES string of the molecule is N#CC(N=C=O)c1ccc(F)c(F)c1. The minimum absolute atomic E-state index is 0.120. The number of rotatable bonds is 2. The van der Waals surface area contributed by atoms with Gasteiger partial charge in [0.25, 0.3) is 0 Å². The van der Waals surface area contributed by atoms with Gasteiger partial charge in [-0.05, 0) is 17.7 Å². The lowest BCUT2D eigenvalue weighted by atomic mass is 10.1. The Labute approximate surface area is 78.3 Å². The average molecular weight is 194 g/mol. The summed E-state index contributed by atoms with van der Waals surface area (Å²) in [5.41, 5.74) is 0.120. The summed E-state index contributed by atoms with van der Waals surface area (Å²) in [6.45, 7) is 0. The second kappa shape index (κ2) is 4.26. The fourth-order valence-corrected chi connectivity index (χ4v) is 0.913. The van der Waals surface area contributed by atoms with Crippen molar-refractivity contribution in [1.29, 1.82) is 5.26 Å². The normalized spacial score (nSPS) is 11.2. The predicted molar refractivity (Wildman–Crippen MR) is 42.8 cm³/mol. The molecule has 1 aromatic carbocycles. The Morgan fingerprint density at radius 3 is 2.57 bits per heavy atom. The zero-order valence-electron chi connectivity index (χ0n) is 6.87. The van der Waals surface area contributed by atoms with Crippen LogP contribution in [-0.2, 0) is 4.79 Å². The number of carbonyl (C=O) groups excluding carboxylic acids is 1. The van der Waals surface area contributed by atoms with Gasteiger partial charge < -0.3 is 0 Å². The van der Waals surface area contributed by atoms with E-state index in [0.29, 0.717) is 0 Å². The number of nitrogens with zero attached hydrogens (tertiary/aromatic N) is 2. The van der Waals surface area contributed by atoms with E-state index in [0.717, 1.165) is 12.1 Å². The molecule has 0 fully saturated rings. The molecule has 1 atom stereocenters. The first-order chi connectivity index (χ1) is 6.69. The van der Waals surface area contributed by atoms with E-state index in [4.69, 9.17) is 5.26 Å². The van der Waals surface area contributed by atoms with E-state index < -0.39 is 17.7 Å². The van der Waals surface area contributed by atoms with Crippen LogP contribution >= 0.6 is 0 Å². The van der Waals surface area contributed by atoms with Crippen molar-refractivity contribution in [2.75, 3.05) is 0 Å². The third-order valence-corrected chi connectivity index (χ3v) is 1.56. The number of isocyanates is 1. The first-order valence-electron chi connectivity index (χ1n) is 3.60. The van der Waals surface area contributed by atoms with Gasteiger partial charge >= 0.3 is 0 Å². The molecule has 0 aliphatic heterocycles. The lowest BCUT2D eigenvalue weighted by Crippen LogP contribution is -1.94. The third kappa shape index (κ3) is 2.00. The summed E-state index contributed by atoms with van der Waals surface area (Å²) in [6, 6.07) is 3.39. The quantitative estimate of drug-likeness (QED) is 0.533. The predicted octanol–water partition coefficient (Wildman–Crippen LogP) is 1.87. The Morgan fingerprint density at radius 2 is 2.07 bits per heavy atom. The van der Waals surface area contributed by atoms with E-state index in [1.54, 1.807) is 6.07 Å². The molecule has 5 heteroatoms. The van der Waals surface area contributed by atoms with E-state index in [-0.39, 0.29) is 5.56 Å². The molecular weight excluding hydrogens is 190 g/mol. The molecule has 0 aliphatic rings. The molecule has 3 nitrogen and oxygen atoms in total. The summed E-state index contributed by atoms with van der Waals surface area (Å²) in [5.74, 6) is -2.09. The molecule has 0 saturated carbocycles. The van der Waals surface area contributed by atoms with Gasteiger partial charge in [0.05, 0.1) is 6.07 Å². The maximum Gasteiger partial charge on any atom is 0.236 e. The number of hydrogen-bond donors (Lipinski definition) is 0. The third-order valence-electron chi connectivity index (χ3n) is 1.56. The maximum absolute atomic E-state index is 12.7. The van der Waals surface area contributed by atoms with Gasteiger partial charge in [-0.3, -0.25) is 0 Å². The fourth-order valence-electron chi connectivity index (χ4n) is 0.913. The molecule has 1 aromatic rings. The smallest absolute Gasteiger partial charge is 0.211 e. The zero-order valence-corrected chi connectivity index (χ0v) is 6.87. The molecule has 0 aliphatic carbocycles. The number of nitriles is 1. The van der Waals surface area contributed by atoms with Crippen LogP contribution in [0, 0.1) is 23.0 Å². The molecule has 0 heterocycles. The number of benzene rings is 1. The molecule has 0 bridgehead atoms.